The third-order valence-electron chi connectivity index (χ3n) is 0.989. The molecule has 0 aromatic heterocycles. The molecule has 0 atom stereocenters. The highest BCUT2D eigenvalue weighted by atomic mass is 16.2. The van der Waals surface area contributed by atoms with Gasteiger partial charge in [0.15, 0.2) is 5.57 Å². The van der Waals surface area contributed by atoms with Gasteiger partial charge in [0.2, 0.25) is 0 Å². The van der Waals surface area contributed by atoms with Crippen LogP contribution in [-0.2, 0) is 19.2 Å². The zero-order valence-corrected chi connectivity index (χ0v) is 4.63. The van der Waals surface area contributed by atoms with Crippen LogP contribution in [0.4, 0.5) is 0 Å². The lowest BCUT2D eigenvalue weighted by Crippen LogP contribution is -2.21. The Bertz CT molecular complexity index is 284. The van der Waals surface area contributed by atoms with Gasteiger partial charge in [-0.05, 0) is 0 Å². The van der Waals surface area contributed by atoms with Crippen LogP contribution in [0.5, 0.6) is 0 Å². The van der Waals surface area contributed by atoms with Gasteiger partial charge in [-0.1, -0.05) is 0 Å². The summed E-state index contributed by atoms with van der Waals surface area (Å²) in [4.78, 5) is 40.8. The summed E-state index contributed by atoms with van der Waals surface area (Å²) in [6.45, 7) is 0. The van der Waals surface area contributed by atoms with Crippen LogP contribution >= 0.6 is 0 Å². The third-order valence-corrected chi connectivity index (χ3v) is 0.989. The third kappa shape index (κ3) is 0.655. The molecule has 1 N–H and O–H groups in total. The van der Waals surface area contributed by atoms with Gasteiger partial charge in [0.05, 0.1) is 0 Å². The summed E-state index contributed by atoms with van der Waals surface area (Å²) in [6, 6.07) is 0. The van der Waals surface area contributed by atoms with Gasteiger partial charge in [0, 0.05) is 0 Å². The quantitative estimate of drug-likeness (QED) is 0.138. The molecule has 1 fully saturated rings. The van der Waals surface area contributed by atoms with Crippen LogP contribution in [0, 0.1) is 0 Å². The van der Waals surface area contributed by atoms with E-state index in [0.29, 0.717) is 0 Å². The number of nitrogens with one attached hydrogen (secondary N) is 1. The molecule has 1 saturated heterocycles. The maximum Gasteiger partial charge on any atom is 0.300 e. The molecule has 5 heteroatoms. The lowest BCUT2D eigenvalue weighted by Gasteiger charge is -1.77. The molecule has 1 aliphatic rings. The maximum atomic E-state index is 10.4. The standard InChI is InChI=1S/C5HNO4/c7-1-2-3(8)5(10)6-4(2)9/h(H,6,9,10). The van der Waals surface area contributed by atoms with Crippen molar-refractivity contribution < 1.29 is 19.2 Å². The molecular weight excluding hydrogens is 138 g/mol. The van der Waals surface area contributed by atoms with E-state index >= 15 is 0 Å². The van der Waals surface area contributed by atoms with E-state index in [1.165, 1.54) is 0 Å². The van der Waals surface area contributed by atoms with Gasteiger partial charge in [-0.15, -0.1) is 0 Å². The van der Waals surface area contributed by atoms with Gasteiger partial charge in [-0.25, -0.2) is 4.79 Å². The summed E-state index contributed by atoms with van der Waals surface area (Å²) in [5, 5.41) is 1.64. The number of rotatable bonds is 0. The van der Waals surface area contributed by atoms with E-state index in [1.807, 2.05) is 0 Å². The first kappa shape index (κ1) is 6.38. The van der Waals surface area contributed by atoms with Gasteiger partial charge in [0.25, 0.3) is 17.6 Å². The van der Waals surface area contributed by atoms with Crippen LogP contribution in [0.3, 0.4) is 0 Å². The maximum absolute atomic E-state index is 10.4. The fourth-order valence-corrected chi connectivity index (χ4v) is 0.532. The first-order chi connectivity index (χ1) is 4.66. The Labute approximate surface area is 54.7 Å². The van der Waals surface area contributed by atoms with E-state index in [0.717, 1.165) is 5.94 Å². The molecule has 0 saturated carbocycles. The molecule has 5 nitrogen and oxygen atoms in total. The zero-order chi connectivity index (χ0) is 7.72. The van der Waals surface area contributed by atoms with E-state index in [9.17, 15) is 19.2 Å². The average molecular weight is 139 g/mol. The molecule has 1 rings (SSSR count). The first-order valence-electron chi connectivity index (χ1n) is 2.32. The second-order valence-electron chi connectivity index (χ2n) is 1.59. The summed E-state index contributed by atoms with van der Waals surface area (Å²) < 4.78 is 0. The predicted octanol–water partition coefficient (Wildman–Crippen LogP) is -2.03. The van der Waals surface area contributed by atoms with E-state index < -0.39 is 23.2 Å². The molecule has 1 aliphatic heterocycles. The second kappa shape index (κ2) is 1.89. The van der Waals surface area contributed by atoms with Crippen LogP contribution < -0.4 is 5.32 Å². The van der Waals surface area contributed by atoms with Gasteiger partial charge >= 0.3 is 0 Å². The summed E-state index contributed by atoms with van der Waals surface area (Å²) in [5.41, 5.74) is -0.745. The molecule has 0 radical (unpaired) electrons. The SMILES string of the molecule is O=C=C1C(=O)NC(=O)C1=O. The first-order valence-corrected chi connectivity index (χ1v) is 2.32. The van der Waals surface area contributed by atoms with Crippen molar-refractivity contribution in [1.29, 1.82) is 0 Å². The predicted molar refractivity (Wildman–Crippen MR) is 27.4 cm³/mol. The average Bonchev–Trinajstić information content (AvgIpc) is 2.09. The molecule has 0 bridgehead atoms. The summed E-state index contributed by atoms with van der Waals surface area (Å²) in [5.74, 6) is -2.07. The van der Waals surface area contributed by atoms with Crippen molar-refractivity contribution in [2.45, 2.75) is 0 Å². The lowest BCUT2D eigenvalue weighted by atomic mass is 10.2. The van der Waals surface area contributed by atoms with E-state index in [-0.39, 0.29) is 0 Å². The Hall–Kier alpha value is -1.74. The molecule has 0 aromatic rings. The fraction of sp³-hybridized carbons (Fsp3) is 0. The number of amides is 2. The monoisotopic (exact) mass is 139 g/mol. The Morgan fingerprint density at radius 3 is 1.90 bits per heavy atom. The largest absolute Gasteiger partial charge is 0.300 e. The van der Waals surface area contributed by atoms with Gasteiger partial charge in [-0.3, -0.25) is 19.7 Å². The molecule has 0 spiro atoms. The lowest BCUT2D eigenvalue weighted by molar-refractivity contribution is -0.134. The molecule has 2 amide bonds. The number of hydrogen-bond donors (Lipinski definition) is 1. The normalized spacial score (nSPS) is 17.2. The number of carbonyl (C=O) groups excluding carboxylic acids is 4. The fourth-order valence-electron chi connectivity index (χ4n) is 0.532. The molecule has 10 heavy (non-hydrogen) atoms. The van der Waals surface area contributed by atoms with Crippen molar-refractivity contribution in [3.05, 3.63) is 5.57 Å². The van der Waals surface area contributed by atoms with E-state index in [4.69, 9.17) is 0 Å². The second-order valence-corrected chi connectivity index (χ2v) is 1.59. The Kier molecular flexibility index (Phi) is 1.21. The van der Waals surface area contributed by atoms with Crippen molar-refractivity contribution >= 4 is 23.5 Å². The van der Waals surface area contributed by atoms with Crippen LogP contribution in [0.1, 0.15) is 0 Å². The minimum atomic E-state index is -1.11. The molecule has 0 aromatic carbocycles. The number of imide groups is 1. The molecule has 50 valence electrons. The van der Waals surface area contributed by atoms with Gasteiger partial charge in [0.1, 0.15) is 5.94 Å². The van der Waals surface area contributed by atoms with Crippen molar-refractivity contribution in [3.63, 3.8) is 0 Å². The summed E-state index contributed by atoms with van der Waals surface area (Å²) in [7, 11) is 0. The van der Waals surface area contributed by atoms with E-state index in [2.05, 4.69) is 0 Å². The van der Waals surface area contributed by atoms with Crippen LogP contribution in [0.15, 0.2) is 5.57 Å². The van der Waals surface area contributed by atoms with Crippen molar-refractivity contribution in [3.8, 4) is 0 Å². The van der Waals surface area contributed by atoms with E-state index in [1.54, 1.807) is 5.32 Å². The number of carbonyl (C=O) groups is 3. The molecule has 0 aliphatic carbocycles. The molecular formula is C5HNO4. The van der Waals surface area contributed by atoms with Gasteiger partial charge in [-0.2, -0.15) is 0 Å². The number of hydrogen-bond acceptors (Lipinski definition) is 4. The zero-order valence-electron chi connectivity index (χ0n) is 4.63. The number of Topliss-reactive ketones (excluding diaryl/α,β-unsaturated/α-hetero) is 1. The van der Waals surface area contributed by atoms with Crippen LogP contribution in [0.2, 0.25) is 0 Å². The summed E-state index contributed by atoms with van der Waals surface area (Å²) in [6.07, 6.45) is 0. The summed E-state index contributed by atoms with van der Waals surface area (Å²) >= 11 is 0. The van der Waals surface area contributed by atoms with Crippen molar-refractivity contribution in [2.75, 3.05) is 0 Å². The minimum absolute atomic E-state index is 0.745. The Morgan fingerprint density at radius 2 is 1.70 bits per heavy atom. The van der Waals surface area contributed by atoms with Gasteiger partial charge < -0.3 is 0 Å². The highest BCUT2D eigenvalue weighted by molar-refractivity contribution is 6.58. The topological polar surface area (TPSA) is 80.3 Å². The molecule has 1 heterocycles. The Morgan fingerprint density at radius 1 is 1.10 bits per heavy atom. The highest BCUT2D eigenvalue weighted by Crippen LogP contribution is 1.99. The Balaban J connectivity index is 3.20. The highest BCUT2D eigenvalue weighted by Gasteiger charge is 2.35. The van der Waals surface area contributed by atoms with Crippen LogP contribution in [-0.4, -0.2) is 23.5 Å². The van der Waals surface area contributed by atoms with Crippen molar-refractivity contribution in [2.24, 2.45) is 0 Å². The minimum Gasteiger partial charge on any atom is -0.284 e. The molecule has 0 unspecified atom stereocenters. The van der Waals surface area contributed by atoms with Crippen molar-refractivity contribution in [1.82, 2.24) is 5.32 Å². The smallest absolute Gasteiger partial charge is 0.284 e. The van der Waals surface area contributed by atoms with Crippen LogP contribution in [0.25, 0.3) is 0 Å². The number of ketones is 1.